The monoisotopic (exact) mass is 253 g/mol. The number of rotatable bonds is 4. The molecule has 1 aromatic carbocycles. The minimum absolute atomic E-state index is 0.0891. The number of ether oxygens (including phenoxy) is 2. The maximum Gasteiger partial charge on any atom is 0.165 e. The summed E-state index contributed by atoms with van der Waals surface area (Å²) in [5.41, 5.74) is 6.47. The Kier molecular flexibility index (Phi) is 4.55. The molecule has 18 heavy (non-hydrogen) atoms. The molecule has 0 aliphatic carbocycles. The van der Waals surface area contributed by atoms with Crippen molar-refractivity contribution in [3.8, 4) is 5.75 Å². The summed E-state index contributed by atoms with van der Waals surface area (Å²) in [6.45, 7) is 3.01. The molecule has 2 N–H and O–H groups in total. The van der Waals surface area contributed by atoms with Crippen molar-refractivity contribution in [2.24, 2.45) is 5.73 Å². The van der Waals surface area contributed by atoms with E-state index in [2.05, 4.69) is 0 Å². The molecule has 0 amide bonds. The first-order valence-electron chi connectivity index (χ1n) is 6.46. The van der Waals surface area contributed by atoms with Crippen LogP contribution in [0.5, 0.6) is 5.75 Å². The molecule has 3 nitrogen and oxygen atoms in total. The number of benzene rings is 1. The predicted molar refractivity (Wildman–Crippen MR) is 68.1 cm³/mol. The van der Waals surface area contributed by atoms with E-state index in [0.717, 1.165) is 31.4 Å². The highest BCUT2D eigenvalue weighted by atomic mass is 19.1. The fourth-order valence-electron chi connectivity index (χ4n) is 2.04. The van der Waals surface area contributed by atoms with E-state index in [0.29, 0.717) is 6.61 Å². The van der Waals surface area contributed by atoms with Gasteiger partial charge in [-0.05, 0) is 43.9 Å². The van der Waals surface area contributed by atoms with E-state index in [1.165, 1.54) is 6.07 Å². The Hall–Kier alpha value is -1.13. The minimum atomic E-state index is -0.361. The molecule has 1 aliphatic rings. The van der Waals surface area contributed by atoms with Crippen LogP contribution in [0, 0.1) is 5.82 Å². The third-order valence-electron chi connectivity index (χ3n) is 3.18. The maximum absolute atomic E-state index is 13.7. The number of hydrogen-bond acceptors (Lipinski definition) is 3. The van der Waals surface area contributed by atoms with Gasteiger partial charge in [-0.15, -0.1) is 0 Å². The molecular weight excluding hydrogens is 233 g/mol. The first-order chi connectivity index (χ1) is 8.66. The van der Waals surface area contributed by atoms with Crippen LogP contribution in [-0.2, 0) is 4.74 Å². The molecule has 1 unspecified atom stereocenters. The van der Waals surface area contributed by atoms with Crippen molar-refractivity contribution >= 4 is 0 Å². The Balaban J connectivity index is 1.92. The molecular formula is C14H20FNO2. The van der Waals surface area contributed by atoms with Gasteiger partial charge in [0.25, 0.3) is 0 Å². The first-order valence-corrected chi connectivity index (χ1v) is 6.46. The van der Waals surface area contributed by atoms with E-state index < -0.39 is 0 Å². The standard InChI is InChI=1S/C14H20FNO2/c1-10(16)11-5-6-14(13(15)8-11)18-9-12-4-2-3-7-17-12/h5-6,8,10,12H,2-4,7,9,16H2,1H3/t10-,12?/m1/s1. The summed E-state index contributed by atoms with van der Waals surface area (Å²) >= 11 is 0. The van der Waals surface area contributed by atoms with Gasteiger partial charge in [-0.2, -0.15) is 0 Å². The van der Waals surface area contributed by atoms with E-state index in [4.69, 9.17) is 15.2 Å². The van der Waals surface area contributed by atoms with Crippen molar-refractivity contribution in [3.05, 3.63) is 29.6 Å². The second kappa shape index (κ2) is 6.16. The van der Waals surface area contributed by atoms with E-state index in [-0.39, 0.29) is 23.7 Å². The van der Waals surface area contributed by atoms with Crippen molar-refractivity contribution in [1.29, 1.82) is 0 Å². The quantitative estimate of drug-likeness (QED) is 0.897. The highest BCUT2D eigenvalue weighted by Gasteiger charge is 2.15. The van der Waals surface area contributed by atoms with Gasteiger partial charge in [-0.25, -0.2) is 4.39 Å². The van der Waals surface area contributed by atoms with Crippen LogP contribution in [0.2, 0.25) is 0 Å². The van der Waals surface area contributed by atoms with Crippen LogP contribution in [0.25, 0.3) is 0 Å². The van der Waals surface area contributed by atoms with Gasteiger partial charge in [0, 0.05) is 12.6 Å². The van der Waals surface area contributed by atoms with Crippen LogP contribution >= 0.6 is 0 Å². The maximum atomic E-state index is 13.7. The second-order valence-corrected chi connectivity index (χ2v) is 4.78. The minimum Gasteiger partial charge on any atom is -0.488 e. The zero-order valence-electron chi connectivity index (χ0n) is 10.7. The summed E-state index contributed by atoms with van der Waals surface area (Å²) in [4.78, 5) is 0. The van der Waals surface area contributed by atoms with E-state index >= 15 is 0 Å². The summed E-state index contributed by atoms with van der Waals surface area (Å²) in [5, 5.41) is 0. The normalized spacial score (nSPS) is 21.6. The second-order valence-electron chi connectivity index (χ2n) is 4.78. The average Bonchev–Trinajstić information content (AvgIpc) is 2.38. The van der Waals surface area contributed by atoms with Crippen molar-refractivity contribution < 1.29 is 13.9 Å². The van der Waals surface area contributed by atoms with Crippen LogP contribution in [0.3, 0.4) is 0 Å². The van der Waals surface area contributed by atoms with Gasteiger partial charge in [-0.1, -0.05) is 6.07 Å². The zero-order valence-corrected chi connectivity index (χ0v) is 10.7. The molecule has 1 aromatic rings. The van der Waals surface area contributed by atoms with Crippen LogP contribution in [0.15, 0.2) is 18.2 Å². The molecule has 0 spiro atoms. The van der Waals surface area contributed by atoms with Crippen molar-refractivity contribution in [3.63, 3.8) is 0 Å². The molecule has 1 heterocycles. The van der Waals surface area contributed by atoms with E-state index in [1.54, 1.807) is 12.1 Å². The smallest absolute Gasteiger partial charge is 0.165 e. The summed E-state index contributed by atoms with van der Waals surface area (Å²) in [6, 6.07) is 4.69. The van der Waals surface area contributed by atoms with Gasteiger partial charge in [0.1, 0.15) is 6.61 Å². The lowest BCUT2D eigenvalue weighted by Crippen LogP contribution is -2.26. The molecule has 0 radical (unpaired) electrons. The molecule has 1 fully saturated rings. The summed E-state index contributed by atoms with van der Waals surface area (Å²) in [5.74, 6) is -0.0887. The number of nitrogens with two attached hydrogens (primary N) is 1. The molecule has 100 valence electrons. The molecule has 0 saturated carbocycles. The SMILES string of the molecule is C[C@@H](N)c1ccc(OCC2CCCCO2)c(F)c1. The third kappa shape index (κ3) is 3.43. The van der Waals surface area contributed by atoms with Gasteiger partial charge < -0.3 is 15.2 Å². The lowest BCUT2D eigenvalue weighted by Gasteiger charge is -2.22. The first kappa shape index (κ1) is 13.3. The summed E-state index contributed by atoms with van der Waals surface area (Å²) in [6.07, 6.45) is 3.33. The fourth-order valence-corrected chi connectivity index (χ4v) is 2.04. The molecule has 2 atom stereocenters. The topological polar surface area (TPSA) is 44.5 Å². The predicted octanol–water partition coefficient (Wildman–Crippen LogP) is 2.79. The van der Waals surface area contributed by atoms with Gasteiger partial charge >= 0.3 is 0 Å². The number of hydrogen-bond donors (Lipinski definition) is 1. The molecule has 1 aliphatic heterocycles. The lowest BCUT2D eigenvalue weighted by atomic mass is 10.1. The molecule has 4 heteroatoms. The van der Waals surface area contributed by atoms with Crippen molar-refractivity contribution in [2.75, 3.05) is 13.2 Å². The average molecular weight is 253 g/mol. The zero-order chi connectivity index (χ0) is 13.0. The third-order valence-corrected chi connectivity index (χ3v) is 3.18. The van der Waals surface area contributed by atoms with Gasteiger partial charge in [-0.3, -0.25) is 0 Å². The molecule has 2 rings (SSSR count). The largest absolute Gasteiger partial charge is 0.488 e. The van der Waals surface area contributed by atoms with Crippen molar-refractivity contribution in [2.45, 2.75) is 38.3 Å². The van der Waals surface area contributed by atoms with Gasteiger partial charge in [0.15, 0.2) is 11.6 Å². The summed E-state index contributed by atoms with van der Waals surface area (Å²) in [7, 11) is 0. The Morgan fingerprint density at radius 1 is 1.50 bits per heavy atom. The lowest BCUT2D eigenvalue weighted by molar-refractivity contribution is -0.0117. The molecule has 0 aromatic heterocycles. The van der Waals surface area contributed by atoms with Crippen LogP contribution in [-0.4, -0.2) is 19.3 Å². The Bertz CT molecular complexity index is 389. The Morgan fingerprint density at radius 2 is 2.33 bits per heavy atom. The Labute approximate surface area is 107 Å². The Morgan fingerprint density at radius 3 is 2.94 bits per heavy atom. The van der Waals surface area contributed by atoms with E-state index in [1.807, 2.05) is 6.92 Å². The van der Waals surface area contributed by atoms with Gasteiger partial charge in [0.2, 0.25) is 0 Å². The van der Waals surface area contributed by atoms with Crippen LogP contribution in [0.1, 0.15) is 37.8 Å². The summed E-state index contributed by atoms with van der Waals surface area (Å²) < 4.78 is 24.7. The van der Waals surface area contributed by atoms with Crippen LogP contribution in [0.4, 0.5) is 4.39 Å². The molecule has 0 bridgehead atoms. The highest BCUT2D eigenvalue weighted by molar-refractivity contribution is 5.30. The fraction of sp³-hybridized carbons (Fsp3) is 0.571. The van der Waals surface area contributed by atoms with E-state index in [9.17, 15) is 4.39 Å². The van der Waals surface area contributed by atoms with Crippen LogP contribution < -0.4 is 10.5 Å². The van der Waals surface area contributed by atoms with Gasteiger partial charge in [0.05, 0.1) is 6.10 Å². The number of halogens is 1. The van der Waals surface area contributed by atoms with Crippen molar-refractivity contribution in [1.82, 2.24) is 0 Å². The highest BCUT2D eigenvalue weighted by Crippen LogP contribution is 2.22. The molecule has 1 saturated heterocycles.